The third-order valence-corrected chi connectivity index (χ3v) is 7.65. The number of nitrogens with zero attached hydrogens (tertiary/aromatic N) is 3. The summed E-state index contributed by atoms with van der Waals surface area (Å²) in [6.45, 7) is 4.16. The highest BCUT2D eigenvalue weighted by Crippen LogP contribution is 2.21. The average molecular weight is 560 g/mol. The Morgan fingerprint density at radius 2 is 1.68 bits per heavy atom. The van der Waals surface area contributed by atoms with Crippen LogP contribution in [0.3, 0.4) is 0 Å². The van der Waals surface area contributed by atoms with E-state index in [1.165, 1.54) is 43.0 Å². The molecule has 0 spiro atoms. The highest BCUT2D eigenvalue weighted by atomic mass is 32.2. The van der Waals surface area contributed by atoms with Crippen LogP contribution in [0.5, 0.6) is 0 Å². The highest BCUT2D eigenvalue weighted by molar-refractivity contribution is 7.99. The number of nitrogens with one attached hydrogen (secondary N) is 2. The largest absolute Gasteiger partial charge is 0.388 e. The van der Waals surface area contributed by atoms with E-state index in [0.717, 1.165) is 31.4 Å². The molecule has 1 aliphatic rings. The van der Waals surface area contributed by atoms with Crippen molar-refractivity contribution in [1.82, 2.24) is 20.3 Å². The van der Waals surface area contributed by atoms with Gasteiger partial charge < -0.3 is 35.8 Å². The Labute approximate surface area is 228 Å². The van der Waals surface area contributed by atoms with Crippen LogP contribution in [0.25, 0.3) is 0 Å². The van der Waals surface area contributed by atoms with E-state index < -0.39 is 42.7 Å². The Bertz CT molecular complexity index is 830. The van der Waals surface area contributed by atoms with Crippen molar-refractivity contribution in [3.8, 4) is 0 Å². The van der Waals surface area contributed by atoms with Crippen LogP contribution in [0, 0.1) is 0 Å². The SMILES string of the molecule is CCCCCCCCCCC(=O)N[C@H](CSCCC)C(=O)Nc1cn(CC2OC(O)C(O)C(O)C2O)nn1. The van der Waals surface area contributed by atoms with Gasteiger partial charge in [-0.05, 0) is 18.6 Å². The van der Waals surface area contributed by atoms with Crippen LogP contribution in [0.2, 0.25) is 0 Å². The Hall–Kier alpha value is -1.77. The predicted octanol–water partition coefficient (Wildman–Crippen LogP) is 1.18. The number of anilines is 1. The van der Waals surface area contributed by atoms with Crippen LogP contribution in [0.4, 0.5) is 5.82 Å². The number of rotatable bonds is 18. The standard InChI is InChI=1S/C25H45N5O7S/c1-3-5-6-7-8-9-10-11-12-20(31)26-17(16-38-13-4-2)24(35)27-19-15-30(29-28-19)14-18-21(32)22(33)23(34)25(36)37-18/h15,17-18,21-23,25,32-34,36H,3-14,16H2,1-2H3,(H,26,31)(H,27,35)/t17-,18?,21?,22?,23?,25?/m1/s1. The highest BCUT2D eigenvalue weighted by Gasteiger charge is 2.43. The zero-order chi connectivity index (χ0) is 27.9. The third kappa shape index (κ3) is 11.1. The minimum atomic E-state index is -1.66. The maximum Gasteiger partial charge on any atom is 0.249 e. The number of carbonyl (C=O) groups is 2. The van der Waals surface area contributed by atoms with Crippen molar-refractivity contribution in [1.29, 1.82) is 0 Å². The molecule has 1 fully saturated rings. The van der Waals surface area contributed by atoms with E-state index in [1.807, 2.05) is 6.92 Å². The van der Waals surface area contributed by atoms with Gasteiger partial charge in [-0.3, -0.25) is 9.59 Å². The summed E-state index contributed by atoms with van der Waals surface area (Å²) in [7, 11) is 0. The van der Waals surface area contributed by atoms with E-state index in [0.29, 0.717) is 12.2 Å². The molecule has 38 heavy (non-hydrogen) atoms. The van der Waals surface area contributed by atoms with Crippen molar-refractivity contribution in [2.45, 2.75) is 121 Å². The fourth-order valence-corrected chi connectivity index (χ4v) is 5.06. The number of amides is 2. The maximum atomic E-state index is 12.9. The lowest BCUT2D eigenvalue weighted by atomic mass is 9.99. The average Bonchev–Trinajstić information content (AvgIpc) is 3.33. The van der Waals surface area contributed by atoms with Crippen LogP contribution in [0.15, 0.2) is 6.20 Å². The molecule has 218 valence electrons. The number of unbranched alkanes of at least 4 members (excludes halogenated alkanes) is 7. The molecule has 2 rings (SSSR count). The van der Waals surface area contributed by atoms with Gasteiger partial charge in [0, 0.05) is 12.2 Å². The summed E-state index contributed by atoms with van der Waals surface area (Å²) >= 11 is 1.58. The van der Waals surface area contributed by atoms with Gasteiger partial charge in [0.1, 0.15) is 30.5 Å². The van der Waals surface area contributed by atoms with Gasteiger partial charge in [0.25, 0.3) is 0 Å². The molecule has 12 nitrogen and oxygen atoms in total. The summed E-state index contributed by atoms with van der Waals surface area (Å²) in [5, 5.41) is 52.6. The fraction of sp³-hybridized carbons (Fsp3) is 0.840. The molecule has 13 heteroatoms. The van der Waals surface area contributed by atoms with Gasteiger partial charge in [0.15, 0.2) is 12.1 Å². The fourth-order valence-electron chi connectivity index (χ4n) is 4.14. The monoisotopic (exact) mass is 559 g/mol. The summed E-state index contributed by atoms with van der Waals surface area (Å²) in [6.07, 6.45) is 4.48. The van der Waals surface area contributed by atoms with Gasteiger partial charge in [0.2, 0.25) is 11.8 Å². The maximum absolute atomic E-state index is 12.9. The molecule has 1 aliphatic heterocycles. The molecule has 2 heterocycles. The molecule has 0 radical (unpaired) electrons. The van der Waals surface area contributed by atoms with Crippen molar-refractivity contribution in [3.63, 3.8) is 0 Å². The molecule has 0 aliphatic carbocycles. The molecule has 0 bridgehead atoms. The first-order chi connectivity index (χ1) is 18.3. The second-order valence-corrected chi connectivity index (χ2v) is 10.9. The first-order valence-corrected chi connectivity index (χ1v) is 14.9. The lowest BCUT2D eigenvalue weighted by Crippen LogP contribution is -2.58. The van der Waals surface area contributed by atoms with Crippen molar-refractivity contribution in [2.24, 2.45) is 0 Å². The summed E-state index contributed by atoms with van der Waals surface area (Å²) in [5.74, 6) is 0.873. The first kappa shape index (κ1) is 32.4. The van der Waals surface area contributed by atoms with Crippen LogP contribution >= 0.6 is 11.8 Å². The van der Waals surface area contributed by atoms with Gasteiger partial charge in [-0.15, -0.1) is 5.10 Å². The summed E-state index contributed by atoms with van der Waals surface area (Å²) in [4.78, 5) is 25.5. The number of aliphatic hydroxyl groups excluding tert-OH is 4. The number of aromatic nitrogens is 3. The molecule has 6 atom stereocenters. The quantitative estimate of drug-likeness (QED) is 0.143. The van der Waals surface area contributed by atoms with Crippen LogP contribution in [-0.2, 0) is 20.9 Å². The minimum Gasteiger partial charge on any atom is -0.388 e. The van der Waals surface area contributed by atoms with Crippen LogP contribution in [-0.4, -0.2) is 95.5 Å². The van der Waals surface area contributed by atoms with Gasteiger partial charge in [0.05, 0.1) is 12.7 Å². The molecular formula is C25H45N5O7S. The van der Waals surface area contributed by atoms with Crippen molar-refractivity contribution in [2.75, 3.05) is 16.8 Å². The molecule has 1 saturated heterocycles. The smallest absolute Gasteiger partial charge is 0.249 e. The summed E-state index contributed by atoms with van der Waals surface area (Å²) in [6, 6.07) is -0.728. The van der Waals surface area contributed by atoms with E-state index in [4.69, 9.17) is 4.74 Å². The molecule has 6 N–H and O–H groups in total. The first-order valence-electron chi connectivity index (χ1n) is 13.7. The van der Waals surface area contributed by atoms with Crippen LogP contribution < -0.4 is 10.6 Å². The van der Waals surface area contributed by atoms with Gasteiger partial charge in [-0.2, -0.15) is 11.8 Å². The number of carbonyl (C=O) groups excluding carboxylic acids is 2. The van der Waals surface area contributed by atoms with Crippen molar-refractivity contribution < 1.29 is 34.8 Å². The second-order valence-electron chi connectivity index (χ2n) is 9.77. The normalized spacial score (nSPS) is 24.2. The Kier molecular flexibility index (Phi) is 15.2. The Balaban J connectivity index is 1.83. The number of ether oxygens (including phenoxy) is 1. The van der Waals surface area contributed by atoms with E-state index in [1.54, 1.807) is 11.8 Å². The predicted molar refractivity (Wildman–Crippen MR) is 144 cm³/mol. The Morgan fingerprint density at radius 3 is 2.37 bits per heavy atom. The molecule has 1 aromatic rings. The molecule has 5 unspecified atom stereocenters. The summed E-state index contributed by atoms with van der Waals surface area (Å²) in [5.41, 5.74) is 0. The van der Waals surface area contributed by atoms with Crippen molar-refractivity contribution in [3.05, 3.63) is 6.20 Å². The van der Waals surface area contributed by atoms with Crippen molar-refractivity contribution >= 4 is 29.4 Å². The molecule has 1 aromatic heterocycles. The topological polar surface area (TPSA) is 179 Å². The third-order valence-electron chi connectivity index (χ3n) is 6.39. The molecule has 0 aromatic carbocycles. The number of aliphatic hydroxyl groups is 4. The van der Waals surface area contributed by atoms with Gasteiger partial charge in [-0.25, -0.2) is 4.68 Å². The lowest BCUT2D eigenvalue weighted by molar-refractivity contribution is -0.284. The van der Waals surface area contributed by atoms with Gasteiger partial charge in [-0.1, -0.05) is 64.0 Å². The molecule has 2 amide bonds. The summed E-state index contributed by atoms with van der Waals surface area (Å²) < 4.78 is 6.43. The van der Waals surface area contributed by atoms with Gasteiger partial charge >= 0.3 is 0 Å². The number of hydrogen-bond donors (Lipinski definition) is 6. The van der Waals surface area contributed by atoms with E-state index in [-0.39, 0.29) is 18.3 Å². The number of hydrogen-bond acceptors (Lipinski definition) is 10. The minimum absolute atomic E-state index is 0.0873. The second kappa shape index (κ2) is 17.7. The van der Waals surface area contributed by atoms with E-state index >= 15 is 0 Å². The zero-order valence-corrected chi connectivity index (χ0v) is 23.3. The Morgan fingerprint density at radius 1 is 1.00 bits per heavy atom. The lowest BCUT2D eigenvalue weighted by Gasteiger charge is -2.38. The molecular weight excluding hydrogens is 514 g/mol. The van der Waals surface area contributed by atoms with E-state index in [2.05, 4.69) is 27.9 Å². The molecule has 0 saturated carbocycles. The zero-order valence-electron chi connectivity index (χ0n) is 22.5. The number of thioether (sulfide) groups is 1. The van der Waals surface area contributed by atoms with Crippen LogP contribution in [0.1, 0.15) is 78.1 Å². The van der Waals surface area contributed by atoms with E-state index in [9.17, 15) is 30.0 Å².